The van der Waals surface area contributed by atoms with Gasteiger partial charge in [0, 0.05) is 30.1 Å². The minimum absolute atomic E-state index is 0.0818. The highest BCUT2D eigenvalue weighted by atomic mass is 16.5. The average Bonchev–Trinajstić information content (AvgIpc) is 2.70. The molecule has 2 aromatic rings. The molecule has 0 aliphatic carbocycles. The molecule has 2 heterocycles. The molecule has 0 bridgehead atoms. The summed E-state index contributed by atoms with van der Waals surface area (Å²) in [6.07, 6.45) is 1.92. The van der Waals surface area contributed by atoms with Gasteiger partial charge < -0.3 is 20.1 Å². The van der Waals surface area contributed by atoms with Crippen LogP contribution in [0.4, 0.5) is 0 Å². The number of hydrogen-bond donors (Lipinski definition) is 2. The minimum Gasteiger partial charge on any atom is -0.465 e. The Morgan fingerprint density at radius 1 is 1.15 bits per heavy atom. The number of nitrogens with zero attached hydrogens (tertiary/aromatic N) is 1. The van der Waals surface area contributed by atoms with Crippen molar-refractivity contribution < 1.29 is 14.3 Å². The zero-order chi connectivity index (χ0) is 18.8. The predicted molar refractivity (Wildman–Crippen MR) is 102 cm³/mol. The van der Waals surface area contributed by atoms with Gasteiger partial charge in [-0.25, -0.2) is 0 Å². The van der Waals surface area contributed by atoms with Gasteiger partial charge in [0.1, 0.15) is 17.4 Å². The molecule has 0 spiro atoms. The first-order valence-corrected chi connectivity index (χ1v) is 9.25. The molecule has 2 aliphatic heterocycles. The molecule has 0 saturated carbocycles. The van der Waals surface area contributed by atoms with Gasteiger partial charge in [0.05, 0.1) is 6.61 Å². The molecule has 2 aromatic carbocycles. The topological polar surface area (TPSA) is 88.6 Å². The van der Waals surface area contributed by atoms with Gasteiger partial charge in [-0.05, 0) is 25.0 Å². The van der Waals surface area contributed by atoms with Crippen LogP contribution in [0.5, 0.6) is 11.5 Å². The predicted octanol–water partition coefficient (Wildman–Crippen LogP) is 3.07. The van der Waals surface area contributed by atoms with E-state index in [1.165, 1.54) is 0 Å². The normalized spacial score (nSPS) is 18.8. The van der Waals surface area contributed by atoms with Crippen LogP contribution in [0.15, 0.2) is 48.5 Å². The summed E-state index contributed by atoms with van der Waals surface area (Å²) in [6.45, 7) is 1.79. The van der Waals surface area contributed by atoms with Crippen molar-refractivity contribution in [3.8, 4) is 11.5 Å². The van der Waals surface area contributed by atoms with E-state index in [0.29, 0.717) is 24.7 Å². The number of para-hydroxylation sites is 2. The Morgan fingerprint density at radius 3 is 2.41 bits per heavy atom. The first kappa shape index (κ1) is 17.4. The number of carbonyl (C=O) groups is 1. The van der Waals surface area contributed by atoms with Crippen LogP contribution in [0.25, 0.3) is 0 Å². The molecule has 4 rings (SSSR count). The van der Waals surface area contributed by atoms with E-state index in [1.54, 1.807) is 0 Å². The lowest BCUT2D eigenvalue weighted by Gasteiger charge is -2.33. The molecular formula is C21H23N3O3. The Bertz CT molecular complexity index is 822. The highest BCUT2D eigenvalue weighted by Crippen LogP contribution is 2.44. The number of carbonyl (C=O) groups excluding carboxylic acids is 1. The van der Waals surface area contributed by atoms with Crippen LogP contribution in [-0.2, 0) is 9.53 Å². The highest BCUT2D eigenvalue weighted by molar-refractivity contribution is 5.85. The molecule has 1 fully saturated rings. The van der Waals surface area contributed by atoms with Crippen molar-refractivity contribution >= 4 is 11.9 Å². The van der Waals surface area contributed by atoms with Crippen molar-refractivity contribution in [2.75, 3.05) is 19.7 Å². The highest BCUT2D eigenvalue weighted by Gasteiger charge is 2.34. The zero-order valence-corrected chi connectivity index (χ0v) is 15.1. The van der Waals surface area contributed by atoms with Crippen molar-refractivity contribution in [2.45, 2.75) is 18.8 Å². The van der Waals surface area contributed by atoms with Gasteiger partial charge in [0.2, 0.25) is 0 Å². The van der Waals surface area contributed by atoms with Gasteiger partial charge in [-0.2, -0.15) is 0 Å². The molecule has 0 radical (unpaired) electrons. The second kappa shape index (κ2) is 7.31. The third-order valence-electron chi connectivity index (χ3n) is 5.24. The second-order valence-corrected chi connectivity index (χ2v) is 7.08. The van der Waals surface area contributed by atoms with E-state index in [2.05, 4.69) is 0 Å². The number of rotatable bonds is 3. The summed E-state index contributed by atoms with van der Waals surface area (Å²) < 4.78 is 11.7. The number of likely N-dealkylation sites (tertiary alicyclic amines) is 1. The molecule has 1 saturated heterocycles. The minimum atomic E-state index is -0.487. The first-order chi connectivity index (χ1) is 13.1. The number of guanidine groups is 1. The van der Waals surface area contributed by atoms with Gasteiger partial charge >= 0.3 is 5.97 Å². The van der Waals surface area contributed by atoms with Crippen LogP contribution in [0.3, 0.4) is 0 Å². The largest absolute Gasteiger partial charge is 0.465 e. The SMILES string of the molecule is N=C(N)N1CCCC(COC(=O)C2c3ccccc3Oc3ccccc32)C1. The quantitative estimate of drug-likeness (QED) is 0.496. The maximum atomic E-state index is 13.0. The van der Waals surface area contributed by atoms with Crippen LogP contribution in [0.1, 0.15) is 29.9 Å². The van der Waals surface area contributed by atoms with E-state index >= 15 is 0 Å². The van der Waals surface area contributed by atoms with E-state index in [9.17, 15) is 4.79 Å². The monoisotopic (exact) mass is 365 g/mol. The van der Waals surface area contributed by atoms with Crippen LogP contribution < -0.4 is 10.5 Å². The molecule has 0 aromatic heterocycles. The smallest absolute Gasteiger partial charge is 0.318 e. The number of esters is 1. The van der Waals surface area contributed by atoms with E-state index in [0.717, 1.165) is 30.5 Å². The maximum Gasteiger partial charge on any atom is 0.318 e. The average molecular weight is 365 g/mol. The lowest BCUT2D eigenvalue weighted by molar-refractivity contribution is -0.146. The Morgan fingerprint density at radius 2 is 1.78 bits per heavy atom. The number of nitrogens with one attached hydrogen (secondary N) is 1. The van der Waals surface area contributed by atoms with Gasteiger partial charge in [-0.3, -0.25) is 10.2 Å². The number of benzene rings is 2. The summed E-state index contributed by atoms with van der Waals surface area (Å²) in [5.74, 6) is 0.907. The lowest BCUT2D eigenvalue weighted by atomic mass is 9.88. The van der Waals surface area contributed by atoms with Gasteiger partial charge in [0.15, 0.2) is 5.96 Å². The Kier molecular flexibility index (Phi) is 4.71. The van der Waals surface area contributed by atoms with Gasteiger partial charge in [-0.15, -0.1) is 0 Å². The third-order valence-corrected chi connectivity index (χ3v) is 5.24. The molecule has 6 nitrogen and oxygen atoms in total. The molecular weight excluding hydrogens is 342 g/mol. The van der Waals surface area contributed by atoms with Crippen LogP contribution >= 0.6 is 0 Å². The second-order valence-electron chi connectivity index (χ2n) is 7.08. The summed E-state index contributed by atoms with van der Waals surface area (Å²) in [5, 5.41) is 7.60. The summed E-state index contributed by atoms with van der Waals surface area (Å²) >= 11 is 0. The Balaban J connectivity index is 1.51. The molecule has 0 amide bonds. The number of hydrogen-bond acceptors (Lipinski definition) is 4. The summed E-state index contributed by atoms with van der Waals surface area (Å²) in [7, 11) is 0. The number of fused-ring (bicyclic) bond motifs is 2. The molecule has 2 aliphatic rings. The number of piperidine rings is 1. The standard InChI is InChI=1S/C21H23N3O3/c22-21(23)24-11-5-6-14(12-24)13-26-20(25)19-15-7-1-3-9-17(15)27-18-10-4-2-8-16(18)19/h1-4,7-10,14,19H,5-6,11-13H2,(H3,22,23). The third kappa shape index (κ3) is 3.47. The fraction of sp³-hybridized carbons (Fsp3) is 0.333. The van der Waals surface area contributed by atoms with Crippen molar-refractivity contribution in [2.24, 2.45) is 11.7 Å². The van der Waals surface area contributed by atoms with Crippen LogP contribution in [0, 0.1) is 11.3 Å². The fourth-order valence-electron chi connectivity index (χ4n) is 3.87. The lowest BCUT2D eigenvalue weighted by Crippen LogP contribution is -2.44. The summed E-state index contributed by atoms with van der Waals surface area (Å²) in [6, 6.07) is 15.2. The zero-order valence-electron chi connectivity index (χ0n) is 15.1. The van der Waals surface area contributed by atoms with Crippen LogP contribution in [-0.4, -0.2) is 36.5 Å². The van der Waals surface area contributed by atoms with Crippen LogP contribution in [0.2, 0.25) is 0 Å². The maximum absolute atomic E-state index is 13.0. The van der Waals surface area contributed by atoms with Crippen molar-refractivity contribution in [3.05, 3.63) is 59.7 Å². The van der Waals surface area contributed by atoms with Gasteiger partial charge in [-0.1, -0.05) is 36.4 Å². The van der Waals surface area contributed by atoms with Crippen molar-refractivity contribution in [1.29, 1.82) is 5.41 Å². The first-order valence-electron chi connectivity index (χ1n) is 9.25. The molecule has 1 unspecified atom stereocenters. The Labute approximate surface area is 158 Å². The molecule has 27 heavy (non-hydrogen) atoms. The van der Waals surface area contributed by atoms with E-state index in [1.807, 2.05) is 53.4 Å². The Hall–Kier alpha value is -3.02. The van der Waals surface area contributed by atoms with Crippen molar-refractivity contribution in [1.82, 2.24) is 4.90 Å². The summed E-state index contributed by atoms with van der Waals surface area (Å²) in [5.41, 5.74) is 7.25. The number of ether oxygens (including phenoxy) is 2. The number of nitrogens with two attached hydrogens (primary N) is 1. The molecule has 1 atom stereocenters. The van der Waals surface area contributed by atoms with E-state index < -0.39 is 5.92 Å². The fourth-order valence-corrected chi connectivity index (χ4v) is 3.87. The molecule has 6 heteroatoms. The molecule has 140 valence electrons. The van der Waals surface area contributed by atoms with Gasteiger partial charge in [0.25, 0.3) is 0 Å². The van der Waals surface area contributed by atoms with Crippen molar-refractivity contribution in [3.63, 3.8) is 0 Å². The van der Waals surface area contributed by atoms with E-state index in [-0.39, 0.29) is 17.8 Å². The summed E-state index contributed by atoms with van der Waals surface area (Å²) in [4.78, 5) is 14.9. The van der Waals surface area contributed by atoms with E-state index in [4.69, 9.17) is 20.6 Å². The molecule has 3 N–H and O–H groups in total.